The second-order valence-corrected chi connectivity index (χ2v) is 6.10. The zero-order chi connectivity index (χ0) is 16.9. The van der Waals surface area contributed by atoms with Gasteiger partial charge in [0, 0.05) is 18.7 Å². The number of hydrogen-bond acceptors (Lipinski definition) is 4. The Hall–Kier alpha value is -1.63. The first-order valence-corrected chi connectivity index (χ1v) is 7.76. The van der Waals surface area contributed by atoms with Crippen LogP contribution in [0.5, 0.6) is 0 Å². The second kappa shape index (κ2) is 7.77. The number of carbonyl (C=O) groups excluding carboxylic acids is 2. The number of hydrogen-bond donors (Lipinski definition) is 1. The van der Waals surface area contributed by atoms with Crippen LogP contribution < -0.4 is 5.73 Å². The van der Waals surface area contributed by atoms with Crippen molar-refractivity contribution in [3.63, 3.8) is 0 Å². The summed E-state index contributed by atoms with van der Waals surface area (Å²) >= 11 is 6.11. The fourth-order valence-electron chi connectivity index (χ4n) is 2.80. The highest BCUT2D eigenvalue weighted by Crippen LogP contribution is 2.24. The first-order valence-electron chi connectivity index (χ1n) is 7.38. The molecule has 0 aliphatic carbocycles. The number of nitrogens with zero attached hydrogens (tertiary/aromatic N) is 1. The third kappa shape index (κ3) is 4.67. The lowest BCUT2D eigenvalue weighted by molar-refractivity contribution is -0.165. The van der Waals surface area contributed by atoms with Gasteiger partial charge in [-0.3, -0.25) is 9.59 Å². The Labute approximate surface area is 140 Å². The predicted molar refractivity (Wildman–Crippen MR) is 86.1 cm³/mol. The quantitative estimate of drug-likeness (QED) is 0.837. The number of primary amides is 1. The third-order valence-corrected chi connectivity index (χ3v) is 4.17. The highest BCUT2D eigenvalue weighted by molar-refractivity contribution is 6.31. The van der Waals surface area contributed by atoms with E-state index in [9.17, 15) is 9.59 Å². The molecule has 0 unspecified atom stereocenters. The summed E-state index contributed by atoms with van der Waals surface area (Å²) in [6.45, 7) is 1.28. The minimum absolute atomic E-state index is 0.0106. The van der Waals surface area contributed by atoms with E-state index in [0.29, 0.717) is 18.2 Å². The van der Waals surface area contributed by atoms with Crippen molar-refractivity contribution < 1.29 is 19.1 Å². The molecule has 126 valence electrons. The summed E-state index contributed by atoms with van der Waals surface area (Å²) in [5.41, 5.74) is 5.20. The van der Waals surface area contributed by atoms with Gasteiger partial charge in [-0.2, -0.15) is 0 Å². The molecule has 1 aliphatic rings. The third-order valence-electron chi connectivity index (χ3n) is 3.80. The lowest BCUT2D eigenvalue weighted by atomic mass is 9.97. The summed E-state index contributed by atoms with van der Waals surface area (Å²) in [6, 6.07) is 7.25. The molecule has 1 aromatic carbocycles. The lowest BCUT2D eigenvalue weighted by Gasteiger charge is -2.41. The fourth-order valence-corrected chi connectivity index (χ4v) is 3.00. The van der Waals surface area contributed by atoms with Crippen LogP contribution in [0.1, 0.15) is 12.0 Å². The number of ether oxygens (including phenoxy) is 2. The number of halogens is 1. The zero-order valence-corrected chi connectivity index (χ0v) is 13.8. The van der Waals surface area contributed by atoms with Gasteiger partial charge in [-0.05, 0) is 11.6 Å². The van der Waals surface area contributed by atoms with Crippen LogP contribution in [0, 0.1) is 0 Å². The molecule has 2 N–H and O–H groups in total. The average Bonchev–Trinajstić information content (AvgIpc) is 2.49. The summed E-state index contributed by atoms with van der Waals surface area (Å²) < 4.78 is 10.9. The van der Waals surface area contributed by atoms with Crippen molar-refractivity contribution in [2.45, 2.75) is 18.4 Å². The molecular formula is C16H21ClN2O4. The van der Waals surface area contributed by atoms with E-state index >= 15 is 0 Å². The summed E-state index contributed by atoms with van der Waals surface area (Å²) in [7, 11) is 1.52. The van der Waals surface area contributed by atoms with Gasteiger partial charge < -0.3 is 20.1 Å². The van der Waals surface area contributed by atoms with Crippen molar-refractivity contribution in [2.75, 3.05) is 33.4 Å². The van der Waals surface area contributed by atoms with Crippen LogP contribution in [0.4, 0.5) is 0 Å². The predicted octanol–water partition coefficient (Wildman–Crippen LogP) is 1.00. The van der Waals surface area contributed by atoms with E-state index in [1.807, 2.05) is 18.2 Å². The maximum absolute atomic E-state index is 12.6. The Morgan fingerprint density at radius 1 is 1.43 bits per heavy atom. The fraction of sp³-hybridized carbons (Fsp3) is 0.500. The molecule has 0 aromatic heterocycles. The lowest BCUT2D eigenvalue weighted by Crippen LogP contribution is -2.57. The first kappa shape index (κ1) is 17.7. The van der Waals surface area contributed by atoms with E-state index < -0.39 is 11.5 Å². The molecule has 0 saturated carbocycles. The van der Waals surface area contributed by atoms with Gasteiger partial charge in [0.2, 0.25) is 11.8 Å². The van der Waals surface area contributed by atoms with E-state index in [4.69, 9.17) is 26.8 Å². The Balaban J connectivity index is 2.08. The van der Waals surface area contributed by atoms with Crippen LogP contribution in [0.15, 0.2) is 24.3 Å². The maximum Gasteiger partial charge on any atom is 0.227 e. The van der Waals surface area contributed by atoms with Crippen LogP contribution in [0.3, 0.4) is 0 Å². The van der Waals surface area contributed by atoms with Crippen LogP contribution in [-0.4, -0.2) is 55.7 Å². The molecule has 1 aromatic rings. The number of nitrogens with two attached hydrogens (primary N) is 1. The van der Waals surface area contributed by atoms with E-state index in [1.54, 1.807) is 11.0 Å². The highest BCUT2D eigenvalue weighted by atomic mass is 35.5. The van der Waals surface area contributed by atoms with Crippen molar-refractivity contribution in [2.24, 2.45) is 5.73 Å². The van der Waals surface area contributed by atoms with Crippen LogP contribution in [-0.2, 0) is 25.5 Å². The van der Waals surface area contributed by atoms with Gasteiger partial charge in [0.25, 0.3) is 0 Å². The zero-order valence-electron chi connectivity index (χ0n) is 13.1. The van der Waals surface area contributed by atoms with E-state index in [0.717, 1.165) is 5.56 Å². The molecule has 0 spiro atoms. The largest absolute Gasteiger partial charge is 0.382 e. The average molecular weight is 341 g/mol. The number of rotatable bonds is 6. The minimum Gasteiger partial charge on any atom is -0.382 e. The van der Waals surface area contributed by atoms with Crippen LogP contribution in [0.2, 0.25) is 5.02 Å². The molecule has 1 fully saturated rings. The molecule has 1 heterocycles. The minimum atomic E-state index is -0.880. The number of morpholine rings is 1. The van der Waals surface area contributed by atoms with E-state index in [1.165, 1.54) is 7.11 Å². The van der Waals surface area contributed by atoms with Gasteiger partial charge in [0.05, 0.1) is 32.6 Å². The molecule has 7 heteroatoms. The molecular weight excluding hydrogens is 320 g/mol. The van der Waals surface area contributed by atoms with Gasteiger partial charge >= 0.3 is 0 Å². The van der Waals surface area contributed by atoms with Gasteiger partial charge in [-0.1, -0.05) is 29.8 Å². The molecule has 23 heavy (non-hydrogen) atoms. The van der Waals surface area contributed by atoms with Crippen molar-refractivity contribution >= 4 is 23.4 Å². The summed E-state index contributed by atoms with van der Waals surface area (Å²) in [4.78, 5) is 25.6. The van der Waals surface area contributed by atoms with E-state index in [2.05, 4.69) is 0 Å². The van der Waals surface area contributed by atoms with Crippen molar-refractivity contribution in [1.82, 2.24) is 4.90 Å². The topological polar surface area (TPSA) is 81.9 Å². The Morgan fingerprint density at radius 2 is 2.17 bits per heavy atom. The molecule has 2 rings (SSSR count). The van der Waals surface area contributed by atoms with Crippen molar-refractivity contribution in [3.05, 3.63) is 34.9 Å². The summed E-state index contributed by atoms with van der Waals surface area (Å²) in [6.07, 6.45) is 0.218. The molecule has 0 bridgehead atoms. The highest BCUT2D eigenvalue weighted by Gasteiger charge is 2.40. The Morgan fingerprint density at radius 3 is 2.83 bits per heavy atom. The molecule has 1 aliphatic heterocycles. The number of carbonyl (C=O) groups is 2. The first-order chi connectivity index (χ1) is 11.0. The Kier molecular flexibility index (Phi) is 5.98. The monoisotopic (exact) mass is 340 g/mol. The molecule has 1 atom stereocenters. The van der Waals surface area contributed by atoms with Crippen molar-refractivity contribution in [1.29, 1.82) is 0 Å². The van der Waals surface area contributed by atoms with E-state index in [-0.39, 0.29) is 31.9 Å². The second-order valence-electron chi connectivity index (χ2n) is 5.69. The van der Waals surface area contributed by atoms with Crippen LogP contribution >= 0.6 is 11.6 Å². The van der Waals surface area contributed by atoms with Gasteiger partial charge in [-0.15, -0.1) is 0 Å². The summed E-state index contributed by atoms with van der Waals surface area (Å²) in [5.74, 6) is -0.547. The normalized spacial score (nSPS) is 21.2. The standard InChI is InChI=1S/C16H21ClN2O4/c1-22-11-16(9-14(18)20)10-19(6-7-23-16)15(21)8-12-4-2-3-5-13(12)17/h2-5H,6-11H2,1H3,(H2,18,20)/t16-/m0/s1. The van der Waals surface area contributed by atoms with Crippen LogP contribution in [0.25, 0.3) is 0 Å². The number of amides is 2. The number of methoxy groups -OCH3 is 1. The molecule has 1 saturated heterocycles. The SMILES string of the molecule is COC[C@]1(CC(N)=O)CN(C(=O)Cc2ccccc2Cl)CCO1. The maximum atomic E-state index is 12.6. The van der Waals surface area contributed by atoms with Gasteiger partial charge in [0.15, 0.2) is 0 Å². The number of benzene rings is 1. The van der Waals surface area contributed by atoms with Gasteiger partial charge in [0.1, 0.15) is 5.60 Å². The molecule has 2 amide bonds. The molecule has 0 radical (unpaired) electrons. The molecule has 6 nitrogen and oxygen atoms in total. The summed E-state index contributed by atoms with van der Waals surface area (Å²) in [5, 5.41) is 0.564. The Bertz CT molecular complexity index is 577. The van der Waals surface area contributed by atoms with Crippen molar-refractivity contribution in [3.8, 4) is 0 Å². The smallest absolute Gasteiger partial charge is 0.227 e. The van der Waals surface area contributed by atoms with Gasteiger partial charge in [-0.25, -0.2) is 0 Å².